The van der Waals surface area contributed by atoms with Gasteiger partial charge in [-0.3, -0.25) is 4.79 Å². The van der Waals surface area contributed by atoms with Gasteiger partial charge in [0, 0.05) is 11.4 Å². The van der Waals surface area contributed by atoms with E-state index in [2.05, 4.69) is 5.32 Å². The predicted octanol–water partition coefficient (Wildman–Crippen LogP) is 4.23. The predicted molar refractivity (Wildman–Crippen MR) is 119 cm³/mol. The lowest BCUT2D eigenvalue weighted by molar-refractivity contribution is -0.116. The van der Waals surface area contributed by atoms with Crippen LogP contribution < -0.4 is 11.1 Å². The van der Waals surface area contributed by atoms with Crippen molar-refractivity contribution < 1.29 is 14.3 Å². The molecule has 4 rings (SSSR count). The molecule has 7 heteroatoms. The smallest absolute Gasteiger partial charge is 0.409 e. The van der Waals surface area contributed by atoms with Crippen molar-refractivity contribution in [3.8, 4) is 0 Å². The van der Waals surface area contributed by atoms with E-state index in [9.17, 15) is 9.59 Å². The van der Waals surface area contributed by atoms with E-state index >= 15 is 0 Å². The van der Waals surface area contributed by atoms with Crippen molar-refractivity contribution in [2.75, 3.05) is 24.7 Å². The van der Waals surface area contributed by atoms with Crippen LogP contribution >= 0.6 is 11.3 Å². The maximum Gasteiger partial charge on any atom is 0.409 e. The second-order valence-electron chi connectivity index (χ2n) is 7.13. The molecule has 2 amide bonds. The Balaban J connectivity index is 1.61. The number of thiophene rings is 1. The highest BCUT2D eigenvalue weighted by Gasteiger charge is 2.29. The van der Waals surface area contributed by atoms with Crippen LogP contribution in [0.1, 0.15) is 27.5 Å². The Hall–Kier alpha value is -3.32. The van der Waals surface area contributed by atoms with Crippen LogP contribution in [0.15, 0.2) is 60.7 Å². The van der Waals surface area contributed by atoms with Crippen LogP contribution in [0.5, 0.6) is 0 Å². The quantitative estimate of drug-likeness (QED) is 0.660. The van der Waals surface area contributed by atoms with Crippen molar-refractivity contribution >= 4 is 34.0 Å². The molecule has 3 N–H and O–H groups in total. The zero-order valence-corrected chi connectivity index (χ0v) is 17.4. The lowest BCUT2D eigenvalue weighted by atomic mass is 9.90. The van der Waals surface area contributed by atoms with E-state index in [1.54, 1.807) is 4.90 Å². The number of fused-ring (bicyclic) bond motifs is 1. The Labute approximate surface area is 179 Å². The SMILES string of the molecule is COC(=O)N1CCc2c(sc(NC(=O)C(c3ccccc3)c3ccccc3)c2N)C1. The van der Waals surface area contributed by atoms with E-state index in [0.29, 0.717) is 30.2 Å². The summed E-state index contributed by atoms with van der Waals surface area (Å²) in [5.41, 5.74) is 9.79. The highest BCUT2D eigenvalue weighted by molar-refractivity contribution is 7.17. The molecule has 6 nitrogen and oxygen atoms in total. The summed E-state index contributed by atoms with van der Waals surface area (Å²) in [6.45, 7) is 0.984. The van der Waals surface area contributed by atoms with Crippen molar-refractivity contribution in [3.63, 3.8) is 0 Å². The van der Waals surface area contributed by atoms with Crippen molar-refractivity contribution in [3.05, 3.63) is 82.2 Å². The number of methoxy groups -OCH3 is 1. The van der Waals surface area contributed by atoms with Crippen LogP contribution in [0.25, 0.3) is 0 Å². The number of nitrogens with one attached hydrogen (secondary N) is 1. The summed E-state index contributed by atoms with van der Waals surface area (Å²) in [4.78, 5) is 27.8. The molecular weight excluding hydrogens is 398 g/mol. The minimum absolute atomic E-state index is 0.137. The van der Waals surface area contributed by atoms with Crippen molar-refractivity contribution in [2.24, 2.45) is 0 Å². The number of hydrogen-bond acceptors (Lipinski definition) is 5. The van der Waals surface area contributed by atoms with Gasteiger partial charge in [0.15, 0.2) is 0 Å². The summed E-state index contributed by atoms with van der Waals surface area (Å²) < 4.78 is 4.83. The number of rotatable bonds is 4. The maximum atomic E-state index is 13.4. The molecule has 0 spiro atoms. The van der Waals surface area contributed by atoms with Crippen LogP contribution in [-0.4, -0.2) is 30.6 Å². The van der Waals surface area contributed by atoms with Gasteiger partial charge in [0.05, 0.1) is 25.3 Å². The van der Waals surface area contributed by atoms with E-state index in [4.69, 9.17) is 10.5 Å². The monoisotopic (exact) mass is 421 g/mol. The molecule has 1 aliphatic heterocycles. The summed E-state index contributed by atoms with van der Waals surface area (Å²) >= 11 is 1.42. The lowest BCUT2D eigenvalue weighted by Gasteiger charge is -2.25. The number of carbonyl (C=O) groups is 2. The fourth-order valence-electron chi connectivity index (χ4n) is 3.78. The van der Waals surface area contributed by atoms with Gasteiger partial charge in [-0.2, -0.15) is 0 Å². The average Bonchev–Trinajstić information content (AvgIpc) is 3.09. The van der Waals surface area contributed by atoms with Gasteiger partial charge in [-0.1, -0.05) is 60.7 Å². The number of benzene rings is 2. The minimum Gasteiger partial charge on any atom is -0.453 e. The third kappa shape index (κ3) is 3.89. The van der Waals surface area contributed by atoms with Crippen molar-refractivity contribution in [1.82, 2.24) is 4.90 Å². The lowest BCUT2D eigenvalue weighted by Crippen LogP contribution is -2.35. The number of amides is 2. The molecule has 0 bridgehead atoms. The molecule has 30 heavy (non-hydrogen) atoms. The Morgan fingerprint density at radius 3 is 2.23 bits per heavy atom. The Bertz CT molecular complexity index is 1010. The molecule has 2 heterocycles. The molecule has 154 valence electrons. The molecule has 0 unspecified atom stereocenters. The number of nitrogens with zero attached hydrogens (tertiary/aromatic N) is 1. The Morgan fingerprint density at radius 1 is 1.07 bits per heavy atom. The van der Waals surface area contributed by atoms with Gasteiger partial charge in [-0.15, -0.1) is 11.3 Å². The van der Waals surface area contributed by atoms with Gasteiger partial charge in [-0.05, 0) is 23.1 Å². The molecule has 3 aromatic rings. The van der Waals surface area contributed by atoms with Crippen LogP contribution in [0.4, 0.5) is 15.5 Å². The molecule has 0 aliphatic carbocycles. The second-order valence-corrected chi connectivity index (χ2v) is 8.24. The van der Waals surface area contributed by atoms with Crippen LogP contribution in [0.3, 0.4) is 0 Å². The molecule has 0 atom stereocenters. The summed E-state index contributed by atoms with van der Waals surface area (Å²) in [5.74, 6) is -0.583. The van der Waals surface area contributed by atoms with E-state index < -0.39 is 5.92 Å². The first kappa shape index (κ1) is 20.0. The molecule has 0 fully saturated rings. The third-order valence-electron chi connectivity index (χ3n) is 5.30. The molecule has 0 saturated carbocycles. The van der Waals surface area contributed by atoms with E-state index in [1.807, 2.05) is 60.7 Å². The summed E-state index contributed by atoms with van der Waals surface area (Å²) in [7, 11) is 1.37. The molecule has 1 aliphatic rings. The van der Waals surface area contributed by atoms with Gasteiger partial charge in [0.25, 0.3) is 0 Å². The fraction of sp³-hybridized carbons (Fsp3) is 0.217. The third-order valence-corrected chi connectivity index (χ3v) is 6.44. The number of ether oxygens (including phenoxy) is 1. The standard InChI is InChI=1S/C23H23N3O3S/c1-29-23(28)26-13-12-17-18(14-26)30-22(20(17)24)25-21(27)19(15-8-4-2-5-9-15)16-10-6-3-7-11-16/h2-11,19H,12-14,24H2,1H3,(H,25,27). The van der Waals surface area contributed by atoms with Crippen molar-refractivity contribution in [1.29, 1.82) is 0 Å². The first-order valence-corrected chi connectivity index (χ1v) is 10.5. The van der Waals surface area contributed by atoms with E-state index in [0.717, 1.165) is 21.6 Å². The van der Waals surface area contributed by atoms with Gasteiger partial charge < -0.3 is 20.7 Å². The summed E-state index contributed by atoms with van der Waals surface area (Å²) in [6.07, 6.45) is 0.287. The Kier molecular flexibility index (Phi) is 5.72. The van der Waals surface area contributed by atoms with Crippen LogP contribution in [0.2, 0.25) is 0 Å². The highest BCUT2D eigenvalue weighted by atomic mass is 32.1. The van der Waals surface area contributed by atoms with E-state index in [1.165, 1.54) is 18.4 Å². The second kappa shape index (κ2) is 8.59. The summed E-state index contributed by atoms with van der Waals surface area (Å²) in [6, 6.07) is 19.4. The summed E-state index contributed by atoms with van der Waals surface area (Å²) in [5, 5.41) is 3.68. The molecule has 0 saturated heterocycles. The normalized spacial score (nSPS) is 13.1. The van der Waals surface area contributed by atoms with Crippen LogP contribution in [0, 0.1) is 0 Å². The topological polar surface area (TPSA) is 84.7 Å². The molecule has 0 radical (unpaired) electrons. The van der Waals surface area contributed by atoms with Crippen LogP contribution in [-0.2, 0) is 22.5 Å². The highest BCUT2D eigenvalue weighted by Crippen LogP contribution is 2.40. The number of carbonyl (C=O) groups excluding carboxylic acids is 2. The first-order chi connectivity index (χ1) is 14.6. The maximum absolute atomic E-state index is 13.4. The van der Waals surface area contributed by atoms with Gasteiger partial charge in [0.1, 0.15) is 5.00 Å². The minimum atomic E-state index is -0.447. The van der Waals surface area contributed by atoms with Crippen molar-refractivity contribution in [2.45, 2.75) is 18.9 Å². The number of nitrogen functional groups attached to an aromatic ring is 1. The van der Waals surface area contributed by atoms with Gasteiger partial charge >= 0.3 is 6.09 Å². The fourth-order valence-corrected chi connectivity index (χ4v) is 4.96. The largest absolute Gasteiger partial charge is 0.453 e. The first-order valence-electron chi connectivity index (χ1n) is 9.72. The number of hydrogen-bond donors (Lipinski definition) is 2. The average molecular weight is 422 g/mol. The zero-order valence-electron chi connectivity index (χ0n) is 16.6. The zero-order chi connectivity index (χ0) is 21.1. The molecule has 2 aromatic carbocycles. The number of anilines is 2. The van der Waals surface area contributed by atoms with Gasteiger partial charge in [0.2, 0.25) is 5.91 Å². The Morgan fingerprint density at radius 2 is 1.67 bits per heavy atom. The number of nitrogens with two attached hydrogens (primary N) is 1. The van der Waals surface area contributed by atoms with E-state index in [-0.39, 0.29) is 12.0 Å². The molecule has 1 aromatic heterocycles. The molecular formula is C23H23N3O3S. The van der Waals surface area contributed by atoms with Gasteiger partial charge in [-0.25, -0.2) is 4.79 Å².